The zero-order valence-corrected chi connectivity index (χ0v) is 12.8. The molecule has 3 rings (SSSR count). The molecule has 1 aliphatic heterocycles. The van der Waals surface area contributed by atoms with Crippen molar-refractivity contribution in [2.24, 2.45) is 7.05 Å². The number of piperidine rings is 1. The number of nitrogens with zero attached hydrogens (tertiary/aromatic N) is 3. The maximum absolute atomic E-state index is 12.7. The minimum absolute atomic E-state index is 0.0852. The van der Waals surface area contributed by atoms with E-state index < -0.39 is 0 Å². The lowest BCUT2D eigenvalue weighted by Gasteiger charge is -2.32. The summed E-state index contributed by atoms with van der Waals surface area (Å²) in [4.78, 5) is 14.5. The van der Waals surface area contributed by atoms with E-state index >= 15 is 0 Å². The normalized spacial score (nSPS) is 18.4. The predicted octanol–water partition coefficient (Wildman–Crippen LogP) is 2.04. The number of carbonyl (C=O) groups excluding carboxylic acids is 1. The van der Waals surface area contributed by atoms with E-state index in [1.54, 1.807) is 17.9 Å². The molecule has 6 heteroatoms. The van der Waals surface area contributed by atoms with Gasteiger partial charge in [-0.15, -0.1) is 0 Å². The molecule has 0 saturated carbocycles. The van der Waals surface area contributed by atoms with Crippen LogP contribution in [0.2, 0.25) is 0 Å². The van der Waals surface area contributed by atoms with Crippen LogP contribution in [0.25, 0.3) is 0 Å². The van der Waals surface area contributed by atoms with Gasteiger partial charge in [-0.1, -0.05) is 18.2 Å². The lowest BCUT2D eigenvalue weighted by Crippen LogP contribution is -2.47. The topological polar surface area (TPSA) is 59.4 Å². The Hall–Kier alpha value is -2.50. The summed E-state index contributed by atoms with van der Waals surface area (Å²) in [5.41, 5.74) is 0.942. The first-order chi connectivity index (χ1) is 10.7. The SMILES string of the molecule is COc1cc(NC2CCCN(c3ccccc3)C2=O)nn1C. The summed E-state index contributed by atoms with van der Waals surface area (Å²) in [6.45, 7) is 0.757. The molecule has 1 unspecified atom stereocenters. The highest BCUT2D eigenvalue weighted by Gasteiger charge is 2.30. The van der Waals surface area contributed by atoms with Crippen molar-refractivity contribution in [3.8, 4) is 5.88 Å². The highest BCUT2D eigenvalue weighted by Crippen LogP contribution is 2.23. The van der Waals surface area contributed by atoms with Crippen LogP contribution in [-0.2, 0) is 11.8 Å². The Bertz CT molecular complexity index is 653. The van der Waals surface area contributed by atoms with Crippen molar-refractivity contribution < 1.29 is 9.53 Å². The van der Waals surface area contributed by atoms with Crippen LogP contribution in [0.1, 0.15) is 12.8 Å². The molecule has 1 fully saturated rings. The van der Waals surface area contributed by atoms with Crippen LogP contribution >= 0.6 is 0 Å². The van der Waals surface area contributed by atoms with Crippen LogP contribution in [0.4, 0.5) is 11.5 Å². The number of hydrogen-bond acceptors (Lipinski definition) is 4. The number of para-hydroxylation sites is 1. The maximum Gasteiger partial charge on any atom is 0.249 e. The molecule has 1 aliphatic rings. The van der Waals surface area contributed by atoms with Gasteiger partial charge >= 0.3 is 0 Å². The second-order valence-electron chi connectivity index (χ2n) is 5.36. The standard InChI is InChI=1S/C16H20N4O2/c1-19-15(22-2)11-14(18-19)17-13-9-6-10-20(16(13)21)12-7-4-3-5-8-12/h3-5,7-8,11,13H,6,9-10H2,1-2H3,(H,17,18). The average molecular weight is 300 g/mol. The molecule has 1 aromatic carbocycles. The Morgan fingerprint density at radius 1 is 1.32 bits per heavy atom. The van der Waals surface area contributed by atoms with Gasteiger partial charge in [-0.3, -0.25) is 4.79 Å². The first-order valence-electron chi connectivity index (χ1n) is 7.40. The number of rotatable bonds is 4. The van der Waals surface area contributed by atoms with E-state index in [-0.39, 0.29) is 11.9 Å². The highest BCUT2D eigenvalue weighted by molar-refractivity contribution is 5.99. The van der Waals surface area contributed by atoms with Gasteiger partial charge in [-0.05, 0) is 25.0 Å². The molecule has 1 aromatic heterocycles. The Morgan fingerprint density at radius 3 is 2.77 bits per heavy atom. The van der Waals surface area contributed by atoms with E-state index in [1.165, 1.54) is 0 Å². The van der Waals surface area contributed by atoms with Gasteiger partial charge in [-0.2, -0.15) is 5.10 Å². The Kier molecular flexibility index (Phi) is 4.00. The maximum atomic E-state index is 12.7. The van der Waals surface area contributed by atoms with Gasteiger partial charge in [-0.25, -0.2) is 4.68 Å². The number of nitrogens with one attached hydrogen (secondary N) is 1. The number of hydrogen-bond donors (Lipinski definition) is 1. The van der Waals surface area contributed by atoms with Gasteiger partial charge in [0.2, 0.25) is 11.8 Å². The van der Waals surface area contributed by atoms with Gasteiger partial charge < -0.3 is 15.0 Å². The third kappa shape index (κ3) is 2.77. The lowest BCUT2D eigenvalue weighted by atomic mass is 10.0. The Balaban J connectivity index is 1.75. The summed E-state index contributed by atoms with van der Waals surface area (Å²) in [7, 11) is 3.41. The first-order valence-corrected chi connectivity index (χ1v) is 7.40. The third-order valence-electron chi connectivity index (χ3n) is 3.87. The average Bonchev–Trinajstić information content (AvgIpc) is 2.90. The second-order valence-corrected chi connectivity index (χ2v) is 5.36. The smallest absolute Gasteiger partial charge is 0.249 e. The number of benzene rings is 1. The van der Waals surface area contributed by atoms with Crippen LogP contribution in [0.5, 0.6) is 5.88 Å². The quantitative estimate of drug-likeness (QED) is 0.938. The first kappa shape index (κ1) is 14.4. The number of aromatic nitrogens is 2. The van der Waals surface area contributed by atoms with Crippen molar-refractivity contribution in [3.05, 3.63) is 36.4 Å². The van der Waals surface area contributed by atoms with Crippen molar-refractivity contribution in [1.29, 1.82) is 0 Å². The Labute approximate surface area is 129 Å². The molecule has 2 aromatic rings. The molecule has 1 saturated heterocycles. The van der Waals surface area contributed by atoms with Crippen LogP contribution in [0, 0.1) is 0 Å². The number of ether oxygens (including phenoxy) is 1. The van der Waals surface area contributed by atoms with Crippen LogP contribution < -0.4 is 15.0 Å². The van der Waals surface area contributed by atoms with E-state index in [9.17, 15) is 4.79 Å². The van der Waals surface area contributed by atoms with Crippen LogP contribution in [0.3, 0.4) is 0 Å². The van der Waals surface area contributed by atoms with Crippen LogP contribution in [0.15, 0.2) is 36.4 Å². The molecular formula is C16H20N4O2. The number of amides is 1. The number of anilines is 2. The summed E-state index contributed by atoms with van der Waals surface area (Å²) < 4.78 is 6.84. The molecule has 0 aliphatic carbocycles. The van der Waals surface area contributed by atoms with Crippen molar-refractivity contribution in [2.45, 2.75) is 18.9 Å². The van der Waals surface area contributed by atoms with Crippen molar-refractivity contribution in [1.82, 2.24) is 9.78 Å². The van der Waals surface area contributed by atoms with E-state index in [4.69, 9.17) is 4.74 Å². The van der Waals surface area contributed by atoms with Crippen molar-refractivity contribution >= 4 is 17.4 Å². The van der Waals surface area contributed by atoms with Gasteiger partial charge in [0.1, 0.15) is 6.04 Å². The third-order valence-corrected chi connectivity index (χ3v) is 3.87. The molecule has 1 atom stereocenters. The van der Waals surface area contributed by atoms with Gasteiger partial charge in [0, 0.05) is 25.3 Å². The number of aryl methyl sites for hydroxylation is 1. The summed E-state index contributed by atoms with van der Waals surface area (Å²) in [5, 5.41) is 7.54. The molecule has 2 heterocycles. The molecular weight excluding hydrogens is 280 g/mol. The minimum Gasteiger partial charge on any atom is -0.481 e. The van der Waals surface area contributed by atoms with E-state index in [1.807, 2.05) is 42.3 Å². The zero-order chi connectivity index (χ0) is 15.5. The molecule has 1 N–H and O–H groups in total. The number of methoxy groups -OCH3 is 1. The second kappa shape index (κ2) is 6.09. The fourth-order valence-electron chi connectivity index (χ4n) is 2.76. The summed E-state index contributed by atoms with van der Waals surface area (Å²) >= 11 is 0. The molecule has 0 radical (unpaired) electrons. The molecule has 116 valence electrons. The molecule has 1 amide bonds. The van der Waals surface area contributed by atoms with Crippen molar-refractivity contribution in [2.75, 3.05) is 23.9 Å². The van der Waals surface area contributed by atoms with Crippen molar-refractivity contribution in [3.63, 3.8) is 0 Å². The Morgan fingerprint density at radius 2 is 2.09 bits per heavy atom. The molecule has 0 spiro atoms. The van der Waals surface area contributed by atoms with Crippen LogP contribution in [-0.4, -0.2) is 35.4 Å². The summed E-state index contributed by atoms with van der Waals surface area (Å²) in [6.07, 6.45) is 1.77. The molecule has 22 heavy (non-hydrogen) atoms. The molecule has 6 nitrogen and oxygen atoms in total. The summed E-state index contributed by atoms with van der Waals surface area (Å²) in [5.74, 6) is 1.40. The van der Waals surface area contributed by atoms with Gasteiger partial charge in [0.05, 0.1) is 7.11 Å². The fraction of sp³-hybridized carbons (Fsp3) is 0.375. The van der Waals surface area contributed by atoms with Gasteiger partial charge in [0.15, 0.2) is 5.82 Å². The molecule has 0 bridgehead atoms. The minimum atomic E-state index is -0.256. The number of carbonyl (C=O) groups is 1. The van der Waals surface area contributed by atoms with E-state index in [0.717, 1.165) is 25.1 Å². The van der Waals surface area contributed by atoms with E-state index in [0.29, 0.717) is 11.7 Å². The van der Waals surface area contributed by atoms with E-state index in [2.05, 4.69) is 10.4 Å². The highest BCUT2D eigenvalue weighted by atomic mass is 16.5. The fourth-order valence-corrected chi connectivity index (χ4v) is 2.76. The summed E-state index contributed by atoms with van der Waals surface area (Å²) in [6, 6.07) is 11.3. The zero-order valence-electron chi connectivity index (χ0n) is 12.8. The monoisotopic (exact) mass is 300 g/mol. The predicted molar refractivity (Wildman–Crippen MR) is 85.2 cm³/mol. The lowest BCUT2D eigenvalue weighted by molar-refractivity contribution is -0.120. The largest absolute Gasteiger partial charge is 0.481 e. The van der Waals surface area contributed by atoms with Gasteiger partial charge in [0.25, 0.3) is 0 Å².